The van der Waals surface area contributed by atoms with Gasteiger partial charge in [-0.3, -0.25) is 4.79 Å². The van der Waals surface area contributed by atoms with Gasteiger partial charge in [0.1, 0.15) is 11.5 Å². The van der Waals surface area contributed by atoms with Crippen LogP contribution < -0.4 is 5.73 Å². The second kappa shape index (κ2) is 4.00. The van der Waals surface area contributed by atoms with Crippen LogP contribution >= 0.6 is 11.6 Å². The van der Waals surface area contributed by atoms with Gasteiger partial charge in [0.2, 0.25) is 0 Å². The molecular weight excluding hydrogens is 214 g/mol. The topological polar surface area (TPSA) is 60.4 Å². The normalized spacial score (nSPS) is 10.8. The number of rotatable bonds is 3. The van der Waals surface area contributed by atoms with Crippen LogP contribution in [0.5, 0.6) is 0 Å². The van der Waals surface area contributed by atoms with E-state index < -0.39 is 0 Å². The van der Waals surface area contributed by atoms with Crippen molar-refractivity contribution in [3.05, 3.63) is 34.9 Å². The molecule has 0 fully saturated rings. The Bertz CT molecular complexity index is 507. The predicted molar refractivity (Wildman–Crippen MR) is 58.3 cm³/mol. The summed E-state index contributed by atoms with van der Waals surface area (Å²) in [4.78, 5) is 15.0. The average Bonchev–Trinajstić information content (AvgIpc) is 2.57. The number of fused-ring (bicyclic) bond motifs is 1. The molecule has 0 saturated heterocycles. The summed E-state index contributed by atoms with van der Waals surface area (Å²) in [7, 11) is 0. The summed E-state index contributed by atoms with van der Waals surface area (Å²) >= 11 is 5.88. The SMILES string of the molecule is NCCc1nc(C=O)c2ccc(Cl)cn12. The highest BCUT2D eigenvalue weighted by Crippen LogP contribution is 2.16. The third-order valence-corrected chi connectivity index (χ3v) is 2.41. The molecule has 0 unspecified atom stereocenters. The van der Waals surface area contributed by atoms with Crippen molar-refractivity contribution in [2.24, 2.45) is 5.73 Å². The van der Waals surface area contributed by atoms with Gasteiger partial charge in [0.05, 0.1) is 10.5 Å². The Hall–Kier alpha value is -1.39. The quantitative estimate of drug-likeness (QED) is 0.798. The van der Waals surface area contributed by atoms with E-state index in [9.17, 15) is 4.79 Å². The molecule has 2 rings (SSSR count). The van der Waals surface area contributed by atoms with Crippen molar-refractivity contribution in [3.8, 4) is 0 Å². The van der Waals surface area contributed by atoms with Crippen molar-refractivity contribution in [1.82, 2.24) is 9.38 Å². The largest absolute Gasteiger partial charge is 0.330 e. The summed E-state index contributed by atoms with van der Waals surface area (Å²) in [5.41, 5.74) is 6.65. The molecule has 78 valence electrons. The molecule has 2 N–H and O–H groups in total. The molecule has 0 amide bonds. The Morgan fingerprint density at radius 3 is 3.00 bits per heavy atom. The number of halogens is 1. The maximum atomic E-state index is 10.8. The summed E-state index contributed by atoms with van der Waals surface area (Å²) in [6, 6.07) is 3.51. The van der Waals surface area contributed by atoms with E-state index >= 15 is 0 Å². The van der Waals surface area contributed by atoms with E-state index in [1.54, 1.807) is 22.7 Å². The molecule has 4 nitrogen and oxygen atoms in total. The van der Waals surface area contributed by atoms with E-state index in [2.05, 4.69) is 4.98 Å². The lowest BCUT2D eigenvalue weighted by molar-refractivity contribution is 0.112. The van der Waals surface area contributed by atoms with Crippen LogP contribution in [0.3, 0.4) is 0 Å². The molecule has 0 saturated carbocycles. The zero-order valence-corrected chi connectivity index (χ0v) is 8.74. The maximum Gasteiger partial charge on any atom is 0.170 e. The third-order valence-electron chi connectivity index (χ3n) is 2.18. The van der Waals surface area contributed by atoms with Crippen LogP contribution in [-0.2, 0) is 6.42 Å². The molecule has 0 aliphatic rings. The lowest BCUT2D eigenvalue weighted by atomic mass is 10.3. The van der Waals surface area contributed by atoms with Gasteiger partial charge in [-0.2, -0.15) is 0 Å². The predicted octanol–water partition coefficient (Wildman–Crippen LogP) is 1.30. The Kier molecular flexibility index (Phi) is 2.70. The summed E-state index contributed by atoms with van der Waals surface area (Å²) in [6.07, 6.45) is 3.10. The number of imidazole rings is 1. The maximum absolute atomic E-state index is 10.8. The highest BCUT2D eigenvalue weighted by Gasteiger charge is 2.09. The van der Waals surface area contributed by atoms with E-state index in [-0.39, 0.29) is 0 Å². The summed E-state index contributed by atoms with van der Waals surface area (Å²) < 4.78 is 1.80. The van der Waals surface area contributed by atoms with Gasteiger partial charge in [-0.1, -0.05) is 11.6 Å². The van der Waals surface area contributed by atoms with Crippen LogP contribution in [0.2, 0.25) is 5.02 Å². The smallest absolute Gasteiger partial charge is 0.170 e. The minimum absolute atomic E-state index is 0.426. The zero-order valence-electron chi connectivity index (χ0n) is 7.98. The van der Waals surface area contributed by atoms with E-state index in [4.69, 9.17) is 17.3 Å². The zero-order chi connectivity index (χ0) is 10.8. The molecule has 2 aromatic heterocycles. The molecule has 0 bridgehead atoms. The van der Waals surface area contributed by atoms with Gasteiger partial charge in [-0.25, -0.2) is 4.98 Å². The monoisotopic (exact) mass is 223 g/mol. The fourth-order valence-electron chi connectivity index (χ4n) is 1.54. The minimum Gasteiger partial charge on any atom is -0.330 e. The van der Waals surface area contributed by atoms with Crippen molar-refractivity contribution in [2.45, 2.75) is 6.42 Å². The van der Waals surface area contributed by atoms with Crippen LogP contribution in [-0.4, -0.2) is 22.2 Å². The van der Waals surface area contributed by atoms with Gasteiger partial charge >= 0.3 is 0 Å². The van der Waals surface area contributed by atoms with Crippen LogP contribution in [0.1, 0.15) is 16.3 Å². The van der Waals surface area contributed by atoms with E-state index in [1.807, 2.05) is 0 Å². The van der Waals surface area contributed by atoms with Gasteiger partial charge in [0, 0.05) is 12.6 Å². The van der Waals surface area contributed by atoms with E-state index in [0.717, 1.165) is 17.6 Å². The van der Waals surface area contributed by atoms with Gasteiger partial charge in [0.15, 0.2) is 6.29 Å². The van der Waals surface area contributed by atoms with Crippen LogP contribution in [0.25, 0.3) is 5.52 Å². The van der Waals surface area contributed by atoms with Crippen LogP contribution in [0.4, 0.5) is 0 Å². The number of hydrogen-bond acceptors (Lipinski definition) is 3. The first-order valence-corrected chi connectivity index (χ1v) is 4.96. The fourth-order valence-corrected chi connectivity index (χ4v) is 1.70. The molecule has 0 aliphatic heterocycles. The number of carbonyl (C=O) groups is 1. The number of aldehydes is 1. The van der Waals surface area contributed by atoms with Crippen molar-refractivity contribution >= 4 is 23.4 Å². The Balaban J connectivity index is 2.69. The van der Waals surface area contributed by atoms with Crippen molar-refractivity contribution in [2.75, 3.05) is 6.54 Å². The second-order valence-electron chi connectivity index (χ2n) is 3.17. The number of aromatic nitrogens is 2. The molecule has 0 spiro atoms. The van der Waals surface area contributed by atoms with Crippen LogP contribution in [0.15, 0.2) is 18.3 Å². The van der Waals surface area contributed by atoms with Crippen molar-refractivity contribution < 1.29 is 4.79 Å². The molecule has 2 aromatic rings. The first kappa shape index (κ1) is 10.1. The standard InChI is InChI=1S/C10H10ClN3O/c11-7-1-2-9-8(6-15)13-10(3-4-12)14(9)5-7/h1-2,5-6H,3-4,12H2. The highest BCUT2D eigenvalue weighted by molar-refractivity contribution is 6.30. The van der Waals surface area contributed by atoms with E-state index in [0.29, 0.717) is 23.7 Å². The molecule has 0 aliphatic carbocycles. The molecule has 5 heteroatoms. The molecule has 2 heterocycles. The first-order chi connectivity index (χ1) is 7.26. The average molecular weight is 224 g/mol. The highest BCUT2D eigenvalue weighted by atomic mass is 35.5. The number of nitrogens with two attached hydrogens (primary N) is 1. The number of hydrogen-bond donors (Lipinski definition) is 1. The number of nitrogens with zero attached hydrogens (tertiary/aromatic N) is 2. The van der Waals surface area contributed by atoms with Gasteiger partial charge in [-0.05, 0) is 18.7 Å². The van der Waals surface area contributed by atoms with Crippen molar-refractivity contribution in [3.63, 3.8) is 0 Å². The van der Waals surface area contributed by atoms with Gasteiger partial charge < -0.3 is 10.1 Å². The number of carbonyl (C=O) groups excluding carboxylic acids is 1. The summed E-state index contributed by atoms with van der Waals surface area (Å²) in [5, 5.41) is 0.607. The molecule has 0 atom stereocenters. The molecule has 0 radical (unpaired) electrons. The van der Waals surface area contributed by atoms with E-state index in [1.165, 1.54) is 0 Å². The van der Waals surface area contributed by atoms with Crippen LogP contribution in [0, 0.1) is 0 Å². The lowest BCUT2D eigenvalue weighted by Gasteiger charge is -1.99. The fraction of sp³-hybridized carbons (Fsp3) is 0.200. The Morgan fingerprint density at radius 2 is 2.33 bits per heavy atom. The molecule has 0 aromatic carbocycles. The first-order valence-electron chi connectivity index (χ1n) is 4.58. The minimum atomic E-state index is 0.426. The summed E-state index contributed by atoms with van der Waals surface area (Å²) in [6.45, 7) is 0.490. The third kappa shape index (κ3) is 1.73. The molecule has 15 heavy (non-hydrogen) atoms. The second-order valence-corrected chi connectivity index (χ2v) is 3.61. The summed E-state index contributed by atoms with van der Waals surface area (Å²) in [5.74, 6) is 0.761. The number of pyridine rings is 1. The Labute approximate surface area is 91.7 Å². The lowest BCUT2D eigenvalue weighted by Crippen LogP contribution is -2.06. The van der Waals surface area contributed by atoms with Gasteiger partial charge in [0.25, 0.3) is 0 Å². The van der Waals surface area contributed by atoms with Gasteiger partial charge in [-0.15, -0.1) is 0 Å². The molecular formula is C10H10ClN3O. The van der Waals surface area contributed by atoms with Crippen molar-refractivity contribution in [1.29, 1.82) is 0 Å². The Morgan fingerprint density at radius 1 is 1.53 bits per heavy atom.